The minimum Gasteiger partial charge on any atom is -0.305 e. The minimum atomic E-state index is 0.166. The monoisotopic (exact) mass is 281 g/mol. The summed E-state index contributed by atoms with van der Waals surface area (Å²) >= 11 is 0. The maximum Gasteiger partial charge on any atom is 0.152 e. The van der Waals surface area contributed by atoms with Crippen LogP contribution in [-0.2, 0) is 0 Å². The lowest BCUT2D eigenvalue weighted by Gasteiger charge is -2.13. The Morgan fingerprint density at radius 3 is 2.67 bits per heavy atom. The second-order valence-corrected chi connectivity index (χ2v) is 5.82. The molecule has 5 nitrogen and oxygen atoms in total. The maximum absolute atomic E-state index is 8.47. The Bertz CT molecular complexity index is 734. The Balaban J connectivity index is 1.99. The summed E-state index contributed by atoms with van der Waals surface area (Å²) in [5.41, 5.74) is 3.07. The first-order valence-corrected chi connectivity index (χ1v) is 7.27. The molecule has 0 spiro atoms. The highest BCUT2D eigenvalue weighted by molar-refractivity contribution is 6.08. The lowest BCUT2D eigenvalue weighted by atomic mass is 9.99. The number of aromatic nitrogens is 3. The first-order valence-electron chi connectivity index (χ1n) is 7.27. The third-order valence-electron chi connectivity index (χ3n) is 3.79. The van der Waals surface area contributed by atoms with Gasteiger partial charge in [0.15, 0.2) is 5.84 Å². The van der Waals surface area contributed by atoms with Gasteiger partial charge in [-0.2, -0.15) is 4.68 Å². The molecule has 1 aliphatic carbocycles. The first-order chi connectivity index (χ1) is 10.1. The van der Waals surface area contributed by atoms with Crippen molar-refractivity contribution in [3.63, 3.8) is 0 Å². The van der Waals surface area contributed by atoms with Crippen molar-refractivity contribution in [3.8, 4) is 0 Å². The molecular formula is C16H19N5. The number of para-hydroxylation sites is 1. The van der Waals surface area contributed by atoms with Gasteiger partial charge >= 0.3 is 0 Å². The summed E-state index contributed by atoms with van der Waals surface area (Å²) in [6, 6.07) is 7.62. The van der Waals surface area contributed by atoms with E-state index in [-0.39, 0.29) is 5.92 Å². The fourth-order valence-corrected chi connectivity index (χ4v) is 2.34. The Morgan fingerprint density at radius 2 is 2.00 bits per heavy atom. The van der Waals surface area contributed by atoms with E-state index in [9.17, 15) is 0 Å². The van der Waals surface area contributed by atoms with Crippen LogP contribution < -0.4 is 0 Å². The van der Waals surface area contributed by atoms with E-state index in [0.717, 1.165) is 29.4 Å². The molecule has 3 rings (SSSR count). The Kier molecular flexibility index (Phi) is 3.41. The van der Waals surface area contributed by atoms with Crippen molar-refractivity contribution < 1.29 is 0 Å². The lowest BCUT2D eigenvalue weighted by Crippen LogP contribution is -2.19. The fraction of sp³-hybridized carbons (Fsp3) is 0.375. The number of nitrogens with one attached hydrogen (secondary N) is 2. The van der Waals surface area contributed by atoms with E-state index >= 15 is 0 Å². The molecule has 5 heteroatoms. The molecule has 108 valence electrons. The fourth-order valence-electron chi connectivity index (χ4n) is 2.34. The Labute approximate surface area is 123 Å². The SMILES string of the molecule is CC(C)/C(=C/C(=N)C1CC1)C(=N)n1nnc2ccccc21. The quantitative estimate of drug-likeness (QED) is 0.666. The third kappa shape index (κ3) is 2.63. The van der Waals surface area contributed by atoms with Crippen molar-refractivity contribution >= 4 is 22.6 Å². The Hall–Kier alpha value is -2.30. The van der Waals surface area contributed by atoms with Gasteiger partial charge in [0.05, 0.1) is 5.52 Å². The van der Waals surface area contributed by atoms with E-state index < -0.39 is 0 Å². The van der Waals surface area contributed by atoms with Crippen LogP contribution in [-0.4, -0.2) is 26.5 Å². The molecule has 0 saturated heterocycles. The van der Waals surface area contributed by atoms with Gasteiger partial charge < -0.3 is 5.41 Å². The van der Waals surface area contributed by atoms with E-state index in [1.807, 2.05) is 44.2 Å². The highest BCUT2D eigenvalue weighted by Crippen LogP contribution is 2.31. The van der Waals surface area contributed by atoms with Crippen molar-refractivity contribution in [3.05, 3.63) is 35.9 Å². The molecular weight excluding hydrogens is 262 g/mol. The predicted molar refractivity (Wildman–Crippen MR) is 84.0 cm³/mol. The second kappa shape index (κ2) is 5.24. The number of nitrogens with zero attached hydrogens (tertiary/aromatic N) is 3. The Morgan fingerprint density at radius 1 is 1.29 bits per heavy atom. The van der Waals surface area contributed by atoms with Crippen LogP contribution >= 0.6 is 0 Å². The van der Waals surface area contributed by atoms with E-state index in [2.05, 4.69) is 10.3 Å². The smallest absolute Gasteiger partial charge is 0.152 e. The van der Waals surface area contributed by atoms with Crippen LogP contribution in [0.2, 0.25) is 0 Å². The molecule has 1 heterocycles. The van der Waals surface area contributed by atoms with Gasteiger partial charge in [-0.3, -0.25) is 5.41 Å². The number of fused-ring (bicyclic) bond motifs is 1. The van der Waals surface area contributed by atoms with Gasteiger partial charge in [-0.1, -0.05) is 31.2 Å². The van der Waals surface area contributed by atoms with Crippen molar-refractivity contribution in [2.75, 3.05) is 0 Å². The summed E-state index contributed by atoms with van der Waals surface area (Å²) in [5.74, 6) is 0.864. The van der Waals surface area contributed by atoms with Gasteiger partial charge in [0.1, 0.15) is 5.52 Å². The molecule has 0 aliphatic heterocycles. The zero-order valence-corrected chi connectivity index (χ0v) is 12.3. The largest absolute Gasteiger partial charge is 0.305 e. The summed E-state index contributed by atoms with van der Waals surface area (Å²) in [6.07, 6.45) is 4.04. The van der Waals surface area contributed by atoms with Gasteiger partial charge in [-0.15, -0.1) is 5.10 Å². The highest BCUT2D eigenvalue weighted by atomic mass is 15.4. The number of allylic oxidation sites excluding steroid dienone is 2. The highest BCUT2D eigenvalue weighted by Gasteiger charge is 2.26. The molecule has 2 aromatic rings. The number of hydrogen-bond acceptors (Lipinski definition) is 4. The van der Waals surface area contributed by atoms with Gasteiger partial charge in [-0.25, -0.2) is 0 Å². The predicted octanol–water partition coefficient (Wildman–Crippen LogP) is 3.27. The maximum atomic E-state index is 8.47. The normalized spacial score (nSPS) is 15.7. The topological polar surface area (TPSA) is 78.4 Å². The first kappa shape index (κ1) is 13.7. The lowest BCUT2D eigenvalue weighted by molar-refractivity contribution is 0.773. The molecule has 0 radical (unpaired) electrons. The molecule has 0 unspecified atom stereocenters. The second-order valence-electron chi connectivity index (χ2n) is 5.82. The summed E-state index contributed by atoms with van der Waals surface area (Å²) in [7, 11) is 0. The number of rotatable bonds is 4. The summed E-state index contributed by atoms with van der Waals surface area (Å²) in [4.78, 5) is 0. The molecule has 2 N–H and O–H groups in total. The number of benzene rings is 1. The molecule has 1 aromatic heterocycles. The summed E-state index contributed by atoms with van der Waals surface area (Å²) in [6.45, 7) is 4.08. The van der Waals surface area contributed by atoms with Crippen LogP contribution in [0, 0.1) is 22.7 Å². The van der Waals surface area contributed by atoms with Gasteiger partial charge in [0.25, 0.3) is 0 Å². The molecule has 0 amide bonds. The molecule has 21 heavy (non-hydrogen) atoms. The zero-order valence-electron chi connectivity index (χ0n) is 12.3. The average Bonchev–Trinajstić information content (AvgIpc) is 3.23. The average molecular weight is 281 g/mol. The summed E-state index contributed by atoms with van der Waals surface area (Å²) in [5, 5.41) is 24.8. The van der Waals surface area contributed by atoms with E-state index in [1.165, 1.54) is 0 Å². The van der Waals surface area contributed by atoms with Gasteiger partial charge in [-0.05, 0) is 37.0 Å². The van der Waals surface area contributed by atoms with E-state index in [0.29, 0.717) is 17.5 Å². The van der Waals surface area contributed by atoms with Crippen molar-refractivity contribution in [2.45, 2.75) is 26.7 Å². The van der Waals surface area contributed by atoms with Crippen LogP contribution in [0.25, 0.3) is 11.0 Å². The van der Waals surface area contributed by atoms with Crippen LogP contribution in [0.5, 0.6) is 0 Å². The zero-order chi connectivity index (χ0) is 15.0. The van der Waals surface area contributed by atoms with E-state index in [4.69, 9.17) is 10.8 Å². The number of hydrogen-bond donors (Lipinski definition) is 2. The standard InChI is InChI=1S/C16H19N5/c1-10(2)12(9-13(17)11-7-8-11)16(18)21-15-6-4-3-5-14(15)19-20-21/h3-6,9-11,17-18H,7-8H2,1-2H3/b12-9-,17-13?,18-16?. The van der Waals surface area contributed by atoms with Crippen LogP contribution in [0.1, 0.15) is 26.7 Å². The molecule has 0 bridgehead atoms. The summed E-state index contributed by atoms with van der Waals surface area (Å²) < 4.78 is 1.56. The third-order valence-corrected chi connectivity index (χ3v) is 3.79. The van der Waals surface area contributed by atoms with Crippen molar-refractivity contribution in [2.24, 2.45) is 11.8 Å². The molecule has 1 saturated carbocycles. The minimum absolute atomic E-state index is 0.166. The van der Waals surface area contributed by atoms with Crippen LogP contribution in [0.3, 0.4) is 0 Å². The van der Waals surface area contributed by atoms with Crippen LogP contribution in [0.15, 0.2) is 35.9 Å². The van der Waals surface area contributed by atoms with E-state index in [1.54, 1.807) is 4.68 Å². The van der Waals surface area contributed by atoms with Crippen molar-refractivity contribution in [1.29, 1.82) is 10.8 Å². The molecule has 1 aromatic carbocycles. The van der Waals surface area contributed by atoms with Crippen LogP contribution in [0.4, 0.5) is 0 Å². The molecule has 0 atom stereocenters. The molecule has 1 aliphatic rings. The van der Waals surface area contributed by atoms with Gasteiger partial charge in [0, 0.05) is 17.2 Å². The molecule has 1 fully saturated rings. The van der Waals surface area contributed by atoms with Gasteiger partial charge in [0.2, 0.25) is 0 Å². The van der Waals surface area contributed by atoms with Crippen molar-refractivity contribution in [1.82, 2.24) is 15.0 Å².